The molecule has 0 bridgehead atoms. The molecule has 0 saturated heterocycles. The fraction of sp³-hybridized carbons (Fsp3) is 0.286. The van der Waals surface area contributed by atoms with Crippen molar-refractivity contribution in [1.29, 1.82) is 0 Å². The van der Waals surface area contributed by atoms with Crippen LogP contribution in [-0.4, -0.2) is 27.8 Å². The number of benzene rings is 2. The van der Waals surface area contributed by atoms with Crippen LogP contribution in [0.15, 0.2) is 35.5 Å². The molecule has 7 heteroatoms. The lowest BCUT2D eigenvalue weighted by Crippen LogP contribution is -2.12. The molecule has 0 amide bonds. The molecule has 28 heavy (non-hydrogen) atoms. The summed E-state index contributed by atoms with van der Waals surface area (Å²) in [6, 6.07) is 9.62. The molecule has 0 atom stereocenters. The maximum absolute atomic E-state index is 12.0. The SMILES string of the molecule is COc1ccccc1-c1nnc(SCc2c(C)cc(C)c(C(C)=O)c2C)n1N. The first-order chi connectivity index (χ1) is 13.3. The molecule has 0 saturated carbocycles. The van der Waals surface area contributed by atoms with E-state index in [1.807, 2.05) is 38.1 Å². The number of aryl methyl sites for hydroxylation is 2. The summed E-state index contributed by atoms with van der Waals surface area (Å²) < 4.78 is 6.88. The van der Waals surface area contributed by atoms with E-state index < -0.39 is 0 Å². The summed E-state index contributed by atoms with van der Waals surface area (Å²) in [4.78, 5) is 12.0. The van der Waals surface area contributed by atoms with Crippen molar-refractivity contribution in [1.82, 2.24) is 14.9 Å². The highest BCUT2D eigenvalue weighted by Crippen LogP contribution is 2.32. The Morgan fingerprint density at radius 1 is 1.18 bits per heavy atom. The number of Topliss-reactive ketones (excluding diaryl/α,β-unsaturated/α-hetero) is 1. The largest absolute Gasteiger partial charge is 0.496 e. The van der Waals surface area contributed by atoms with E-state index >= 15 is 0 Å². The van der Waals surface area contributed by atoms with Crippen LogP contribution in [0.1, 0.15) is 39.5 Å². The molecule has 3 aromatic rings. The molecule has 0 aliphatic heterocycles. The lowest BCUT2D eigenvalue weighted by Gasteiger charge is -2.15. The van der Waals surface area contributed by atoms with Crippen LogP contribution < -0.4 is 10.6 Å². The van der Waals surface area contributed by atoms with Gasteiger partial charge in [0.05, 0.1) is 12.7 Å². The molecule has 6 nitrogen and oxygen atoms in total. The summed E-state index contributed by atoms with van der Waals surface area (Å²) in [6.07, 6.45) is 0. The Labute approximate surface area is 169 Å². The predicted octanol–water partition coefficient (Wildman–Crippen LogP) is 4.09. The molecular weight excluding hydrogens is 372 g/mol. The van der Waals surface area contributed by atoms with Gasteiger partial charge in [-0.2, -0.15) is 0 Å². The topological polar surface area (TPSA) is 83.0 Å². The average molecular weight is 397 g/mol. The Hall–Kier alpha value is -2.80. The Balaban J connectivity index is 1.90. The van der Waals surface area contributed by atoms with E-state index in [2.05, 4.69) is 23.2 Å². The maximum Gasteiger partial charge on any atom is 0.210 e. The van der Waals surface area contributed by atoms with E-state index in [0.29, 0.717) is 22.5 Å². The van der Waals surface area contributed by atoms with E-state index in [9.17, 15) is 4.79 Å². The Morgan fingerprint density at radius 3 is 2.57 bits per heavy atom. The molecule has 0 unspecified atom stereocenters. The second-order valence-electron chi connectivity index (χ2n) is 6.71. The zero-order valence-corrected chi connectivity index (χ0v) is 17.6. The van der Waals surface area contributed by atoms with E-state index in [-0.39, 0.29) is 5.78 Å². The number of rotatable bonds is 6. The summed E-state index contributed by atoms with van der Waals surface area (Å²) in [5, 5.41) is 9.09. The number of hydrogen-bond acceptors (Lipinski definition) is 6. The summed E-state index contributed by atoms with van der Waals surface area (Å²) in [5.74, 6) is 8.23. The lowest BCUT2D eigenvalue weighted by molar-refractivity contribution is 0.101. The summed E-state index contributed by atoms with van der Waals surface area (Å²) in [5.41, 5.74) is 5.89. The van der Waals surface area contributed by atoms with Crippen LogP contribution >= 0.6 is 11.8 Å². The first kappa shape index (κ1) is 19.9. The Bertz CT molecular complexity index is 1040. The highest BCUT2D eigenvalue weighted by Gasteiger charge is 2.18. The van der Waals surface area contributed by atoms with Gasteiger partial charge in [0.2, 0.25) is 5.16 Å². The van der Waals surface area contributed by atoms with E-state index in [1.54, 1.807) is 14.0 Å². The van der Waals surface area contributed by atoms with Gasteiger partial charge in [-0.25, -0.2) is 4.68 Å². The fourth-order valence-electron chi connectivity index (χ4n) is 3.52. The summed E-state index contributed by atoms with van der Waals surface area (Å²) in [6.45, 7) is 7.65. The number of nitrogens with two attached hydrogens (primary N) is 1. The average Bonchev–Trinajstić information content (AvgIpc) is 3.01. The number of nitrogen functional groups attached to an aromatic ring is 1. The van der Waals surface area contributed by atoms with E-state index in [1.165, 1.54) is 16.4 Å². The van der Waals surface area contributed by atoms with Gasteiger partial charge in [-0.15, -0.1) is 10.2 Å². The number of carbonyl (C=O) groups excluding carboxylic acids is 1. The minimum atomic E-state index is 0.0849. The number of ketones is 1. The second kappa shape index (κ2) is 8.06. The third-order valence-corrected chi connectivity index (χ3v) is 5.81. The molecule has 1 aromatic heterocycles. The summed E-state index contributed by atoms with van der Waals surface area (Å²) in [7, 11) is 1.61. The lowest BCUT2D eigenvalue weighted by atomic mass is 9.92. The normalized spacial score (nSPS) is 10.9. The quantitative estimate of drug-likeness (QED) is 0.384. The van der Waals surface area contributed by atoms with Gasteiger partial charge in [0.1, 0.15) is 5.75 Å². The number of thioether (sulfide) groups is 1. The van der Waals surface area contributed by atoms with Crippen molar-refractivity contribution in [3.63, 3.8) is 0 Å². The van der Waals surface area contributed by atoms with Crippen molar-refractivity contribution < 1.29 is 9.53 Å². The highest BCUT2D eigenvalue weighted by molar-refractivity contribution is 7.98. The molecule has 0 fully saturated rings. The summed E-state index contributed by atoms with van der Waals surface area (Å²) >= 11 is 1.50. The van der Waals surface area contributed by atoms with Gasteiger partial charge >= 0.3 is 0 Å². The van der Waals surface area contributed by atoms with Crippen molar-refractivity contribution in [2.75, 3.05) is 13.0 Å². The van der Waals surface area contributed by atoms with Crippen LogP contribution in [0.2, 0.25) is 0 Å². The zero-order valence-electron chi connectivity index (χ0n) is 16.7. The number of carbonyl (C=O) groups is 1. The van der Waals surface area contributed by atoms with Crippen LogP contribution in [0, 0.1) is 20.8 Å². The third kappa shape index (κ3) is 3.62. The number of methoxy groups -OCH3 is 1. The molecule has 3 rings (SSSR count). The van der Waals surface area contributed by atoms with Crippen molar-refractivity contribution in [3.8, 4) is 17.1 Å². The van der Waals surface area contributed by atoms with Gasteiger partial charge in [0.15, 0.2) is 11.6 Å². The standard InChI is InChI=1S/C21H24N4O2S/c1-12-10-13(2)19(15(4)26)14(3)17(12)11-28-21-24-23-20(25(21)22)16-8-6-7-9-18(16)27-5/h6-10H,11,22H2,1-5H3. The van der Waals surface area contributed by atoms with Crippen LogP contribution in [0.3, 0.4) is 0 Å². The molecule has 1 heterocycles. The van der Waals surface area contributed by atoms with E-state index in [4.69, 9.17) is 10.6 Å². The van der Waals surface area contributed by atoms with Crippen LogP contribution in [0.4, 0.5) is 0 Å². The van der Waals surface area contributed by atoms with Gasteiger partial charge in [0, 0.05) is 11.3 Å². The molecular formula is C21H24N4O2S. The molecule has 2 aromatic carbocycles. The molecule has 0 spiro atoms. The number of para-hydroxylation sites is 1. The van der Waals surface area contributed by atoms with Crippen LogP contribution in [0.25, 0.3) is 11.4 Å². The molecule has 0 radical (unpaired) electrons. The number of hydrogen-bond donors (Lipinski definition) is 1. The first-order valence-corrected chi connectivity index (χ1v) is 9.91. The molecule has 0 aliphatic rings. The first-order valence-electron chi connectivity index (χ1n) is 8.92. The second-order valence-corrected chi connectivity index (χ2v) is 7.65. The van der Waals surface area contributed by atoms with Gasteiger partial charge in [-0.1, -0.05) is 30.0 Å². The minimum Gasteiger partial charge on any atom is -0.496 e. The monoisotopic (exact) mass is 396 g/mol. The number of nitrogens with zero attached hydrogens (tertiary/aromatic N) is 3. The van der Waals surface area contributed by atoms with Crippen LogP contribution in [0.5, 0.6) is 5.75 Å². The highest BCUT2D eigenvalue weighted by atomic mass is 32.2. The number of aromatic nitrogens is 3. The Kier molecular flexibility index (Phi) is 5.74. The number of ether oxygens (including phenoxy) is 1. The van der Waals surface area contributed by atoms with Crippen molar-refractivity contribution in [3.05, 3.63) is 58.1 Å². The smallest absolute Gasteiger partial charge is 0.210 e. The van der Waals surface area contributed by atoms with Gasteiger partial charge in [-0.3, -0.25) is 4.79 Å². The zero-order chi connectivity index (χ0) is 20.4. The molecule has 0 aliphatic carbocycles. The maximum atomic E-state index is 12.0. The predicted molar refractivity (Wildman–Crippen MR) is 112 cm³/mol. The Morgan fingerprint density at radius 2 is 1.89 bits per heavy atom. The van der Waals surface area contributed by atoms with Crippen molar-refractivity contribution in [2.24, 2.45) is 0 Å². The molecule has 2 N–H and O–H groups in total. The van der Waals surface area contributed by atoms with Crippen LogP contribution in [-0.2, 0) is 5.75 Å². The van der Waals surface area contributed by atoms with Gasteiger partial charge < -0.3 is 10.6 Å². The van der Waals surface area contributed by atoms with Crippen molar-refractivity contribution >= 4 is 17.5 Å². The minimum absolute atomic E-state index is 0.0849. The van der Waals surface area contributed by atoms with Gasteiger partial charge in [0.25, 0.3) is 0 Å². The molecule has 146 valence electrons. The van der Waals surface area contributed by atoms with Gasteiger partial charge in [-0.05, 0) is 62.1 Å². The fourth-order valence-corrected chi connectivity index (χ4v) is 4.56. The van der Waals surface area contributed by atoms with E-state index in [0.717, 1.165) is 33.4 Å². The third-order valence-electron chi connectivity index (χ3n) is 4.84. The van der Waals surface area contributed by atoms with Crippen molar-refractivity contribution in [2.45, 2.75) is 38.6 Å².